The van der Waals surface area contributed by atoms with Crippen molar-refractivity contribution in [3.05, 3.63) is 34.9 Å². The number of guanidine groups is 1. The van der Waals surface area contributed by atoms with Crippen LogP contribution < -0.4 is 28.2 Å². The molecule has 0 bridgehead atoms. The summed E-state index contributed by atoms with van der Waals surface area (Å²) in [5.41, 5.74) is 16.2. The van der Waals surface area contributed by atoms with Gasteiger partial charge in [-0.1, -0.05) is 13.0 Å². The minimum absolute atomic E-state index is 0.0265. The van der Waals surface area contributed by atoms with E-state index in [0.717, 1.165) is 4.57 Å². The van der Waals surface area contributed by atoms with E-state index in [0.29, 0.717) is 13.0 Å². The third kappa shape index (κ3) is 6.02. The molecule has 2 rings (SSSR count). The molecule has 0 saturated heterocycles. The maximum Gasteiger partial charge on any atom is 0.351 e. The molecule has 31 heavy (non-hydrogen) atoms. The lowest BCUT2D eigenvalue weighted by molar-refractivity contribution is -0.159. The van der Waals surface area contributed by atoms with E-state index in [1.807, 2.05) is 0 Å². The van der Waals surface area contributed by atoms with Gasteiger partial charge in [0.05, 0.1) is 12.1 Å². The first kappa shape index (κ1) is 23.8. The minimum Gasteiger partial charge on any atom is -0.479 e. The fourth-order valence-electron chi connectivity index (χ4n) is 2.93. The molecule has 9 N–H and O–H groups in total. The average molecular weight is 436 g/mol. The standard InChI is InChI=1S/C18H28N8O5/c1-9(5-7-25(2)17(21)22)13(20)15(27)23-10-3-4-12(31-14(10)16(28)29)26-8-6-11(19)24-18(26)30/h3-4,6,8-10,12-14H,5,7,20H2,1-2H3,(H3,21,22)(H,23,27)(H,28,29)(H2,19,24,30)/t9-,10-,12-,13-,14-/m0/s1. The Morgan fingerprint density at radius 1 is 1.45 bits per heavy atom. The van der Waals surface area contributed by atoms with Crippen LogP contribution in [-0.2, 0) is 14.3 Å². The molecule has 0 aromatic carbocycles. The van der Waals surface area contributed by atoms with Crippen LogP contribution in [0.3, 0.4) is 0 Å². The molecule has 1 aromatic rings. The van der Waals surface area contributed by atoms with Crippen LogP contribution in [0.4, 0.5) is 5.82 Å². The number of aromatic nitrogens is 2. The maximum atomic E-state index is 12.6. The predicted octanol–water partition coefficient (Wildman–Crippen LogP) is -1.97. The molecule has 1 amide bonds. The monoisotopic (exact) mass is 436 g/mol. The van der Waals surface area contributed by atoms with Crippen LogP contribution in [0, 0.1) is 11.3 Å². The SMILES string of the molecule is C[C@@H](CCN(C)C(=N)N)[C@H](N)C(=O)N[C@H]1C=C[C@@H](n2ccc(N)nc2=O)O[C@@H]1C(=O)O. The van der Waals surface area contributed by atoms with Gasteiger partial charge in [-0.25, -0.2) is 9.59 Å². The third-order valence-electron chi connectivity index (χ3n) is 5.02. The van der Waals surface area contributed by atoms with Gasteiger partial charge in [-0.05, 0) is 24.5 Å². The summed E-state index contributed by atoms with van der Waals surface area (Å²) < 4.78 is 6.59. The van der Waals surface area contributed by atoms with Crippen LogP contribution in [-0.4, -0.2) is 69.2 Å². The summed E-state index contributed by atoms with van der Waals surface area (Å²) in [4.78, 5) is 41.4. The molecule has 5 atom stereocenters. The van der Waals surface area contributed by atoms with E-state index in [-0.39, 0.29) is 17.7 Å². The van der Waals surface area contributed by atoms with Crippen LogP contribution in [0.15, 0.2) is 29.2 Å². The lowest BCUT2D eigenvalue weighted by Crippen LogP contribution is -2.55. The van der Waals surface area contributed by atoms with Crippen molar-refractivity contribution in [1.82, 2.24) is 19.8 Å². The Balaban J connectivity index is 2.07. The summed E-state index contributed by atoms with van der Waals surface area (Å²) in [7, 11) is 1.65. The third-order valence-corrected chi connectivity index (χ3v) is 5.02. The van der Waals surface area contributed by atoms with Crippen LogP contribution in [0.25, 0.3) is 0 Å². The zero-order valence-electron chi connectivity index (χ0n) is 17.3. The quantitative estimate of drug-likeness (QED) is 0.150. The molecule has 1 aliphatic heterocycles. The molecule has 0 fully saturated rings. The van der Waals surface area contributed by atoms with E-state index in [2.05, 4.69) is 10.3 Å². The molecule has 0 aliphatic carbocycles. The second kappa shape index (κ2) is 10.0. The summed E-state index contributed by atoms with van der Waals surface area (Å²) >= 11 is 0. The highest BCUT2D eigenvalue weighted by Crippen LogP contribution is 2.21. The van der Waals surface area contributed by atoms with Crippen LogP contribution in [0.1, 0.15) is 19.6 Å². The molecule has 170 valence electrons. The van der Waals surface area contributed by atoms with E-state index < -0.39 is 42.0 Å². The van der Waals surface area contributed by atoms with Crippen LogP contribution in [0.2, 0.25) is 0 Å². The molecule has 13 heteroatoms. The van der Waals surface area contributed by atoms with Gasteiger partial charge in [-0.2, -0.15) is 4.98 Å². The van der Waals surface area contributed by atoms with Crippen molar-refractivity contribution in [3.63, 3.8) is 0 Å². The fourth-order valence-corrected chi connectivity index (χ4v) is 2.93. The molecule has 2 heterocycles. The number of nitrogens with two attached hydrogens (primary N) is 3. The summed E-state index contributed by atoms with van der Waals surface area (Å²) in [6.07, 6.45) is 2.25. The molecule has 1 aliphatic rings. The Morgan fingerprint density at radius 3 is 2.71 bits per heavy atom. The molecule has 0 radical (unpaired) electrons. The fraction of sp³-hybridized carbons (Fsp3) is 0.500. The molecular formula is C18H28N8O5. The largest absolute Gasteiger partial charge is 0.479 e. The van der Waals surface area contributed by atoms with Crippen molar-refractivity contribution in [3.8, 4) is 0 Å². The number of anilines is 1. The first-order chi connectivity index (χ1) is 14.5. The van der Waals surface area contributed by atoms with Crippen LogP contribution >= 0.6 is 0 Å². The Labute approximate surface area is 178 Å². The summed E-state index contributed by atoms with van der Waals surface area (Å²) in [5.74, 6) is -2.19. The maximum absolute atomic E-state index is 12.6. The number of nitrogens with zero attached hydrogens (tertiary/aromatic N) is 3. The van der Waals surface area contributed by atoms with Gasteiger partial charge in [0, 0.05) is 19.8 Å². The van der Waals surface area contributed by atoms with Gasteiger partial charge in [-0.3, -0.25) is 14.8 Å². The molecule has 1 aromatic heterocycles. The number of carbonyl (C=O) groups excluding carboxylic acids is 1. The first-order valence-corrected chi connectivity index (χ1v) is 9.53. The van der Waals surface area contributed by atoms with Crippen LogP contribution in [0.5, 0.6) is 0 Å². The highest BCUT2D eigenvalue weighted by Gasteiger charge is 2.36. The van der Waals surface area contributed by atoms with Gasteiger partial charge in [0.1, 0.15) is 5.82 Å². The Morgan fingerprint density at radius 2 is 2.13 bits per heavy atom. The van der Waals surface area contributed by atoms with Crippen molar-refractivity contribution >= 4 is 23.7 Å². The van der Waals surface area contributed by atoms with Crippen molar-refractivity contribution in [1.29, 1.82) is 5.41 Å². The molecule has 0 saturated carbocycles. The molecule has 0 spiro atoms. The van der Waals surface area contributed by atoms with Crippen molar-refractivity contribution < 1.29 is 19.4 Å². The minimum atomic E-state index is -1.45. The van der Waals surface area contributed by atoms with Crippen molar-refractivity contribution in [2.75, 3.05) is 19.3 Å². The van der Waals surface area contributed by atoms with E-state index in [4.69, 9.17) is 27.3 Å². The Kier molecular flexibility index (Phi) is 7.72. The summed E-state index contributed by atoms with van der Waals surface area (Å²) in [6, 6.07) is -0.520. The number of ether oxygens (including phenoxy) is 1. The van der Waals surface area contributed by atoms with Gasteiger partial charge in [0.25, 0.3) is 0 Å². The highest BCUT2D eigenvalue weighted by atomic mass is 16.5. The number of nitrogen functional groups attached to an aromatic ring is 1. The number of carboxylic acids is 1. The van der Waals surface area contributed by atoms with E-state index in [1.54, 1.807) is 14.0 Å². The van der Waals surface area contributed by atoms with Gasteiger partial charge < -0.3 is 37.3 Å². The highest BCUT2D eigenvalue weighted by molar-refractivity contribution is 5.84. The molecular weight excluding hydrogens is 408 g/mol. The van der Waals surface area contributed by atoms with E-state index in [9.17, 15) is 19.5 Å². The Bertz CT molecular complexity index is 916. The lowest BCUT2D eigenvalue weighted by Gasteiger charge is -2.32. The smallest absolute Gasteiger partial charge is 0.351 e. The molecule has 13 nitrogen and oxygen atoms in total. The lowest BCUT2D eigenvalue weighted by atomic mass is 9.97. The zero-order valence-corrected chi connectivity index (χ0v) is 17.3. The number of rotatable bonds is 8. The van der Waals surface area contributed by atoms with Gasteiger partial charge in [0.15, 0.2) is 18.3 Å². The number of carbonyl (C=O) groups is 2. The second-order valence-corrected chi connectivity index (χ2v) is 7.35. The second-order valence-electron chi connectivity index (χ2n) is 7.35. The number of amides is 1. The zero-order chi connectivity index (χ0) is 23.3. The van der Waals surface area contributed by atoms with Crippen molar-refractivity contribution in [2.24, 2.45) is 17.4 Å². The van der Waals surface area contributed by atoms with Gasteiger partial charge in [0.2, 0.25) is 5.91 Å². The number of hydrogen-bond donors (Lipinski definition) is 6. The summed E-state index contributed by atoms with van der Waals surface area (Å²) in [6.45, 7) is 2.21. The van der Waals surface area contributed by atoms with Gasteiger partial charge >= 0.3 is 11.7 Å². The normalized spacial score (nSPS) is 22.4. The number of carboxylic acid groups (broad SMARTS) is 1. The molecule has 0 unspecified atom stereocenters. The topological polar surface area (TPSA) is 216 Å². The number of hydrogen-bond acceptors (Lipinski definition) is 8. The van der Waals surface area contributed by atoms with E-state index in [1.165, 1.54) is 29.3 Å². The Hall–Kier alpha value is -3.45. The summed E-state index contributed by atoms with van der Waals surface area (Å²) in [5, 5.41) is 19.5. The predicted molar refractivity (Wildman–Crippen MR) is 112 cm³/mol. The van der Waals surface area contributed by atoms with Crippen molar-refractivity contribution in [2.45, 2.75) is 37.8 Å². The van der Waals surface area contributed by atoms with Gasteiger partial charge in [-0.15, -0.1) is 0 Å². The first-order valence-electron chi connectivity index (χ1n) is 9.53. The number of aliphatic carboxylic acids is 1. The van der Waals surface area contributed by atoms with E-state index >= 15 is 0 Å². The average Bonchev–Trinajstić information content (AvgIpc) is 2.71. The number of nitrogens with one attached hydrogen (secondary N) is 2.